The molecule has 0 aliphatic carbocycles. The Balaban J connectivity index is 1.52. The van der Waals surface area contributed by atoms with Crippen LogP contribution in [0.15, 0.2) is 30.0 Å². The smallest absolute Gasteiger partial charge is 0.265 e. The summed E-state index contributed by atoms with van der Waals surface area (Å²) in [6.07, 6.45) is 1.60. The lowest BCUT2D eigenvalue weighted by Crippen LogP contribution is -2.48. The standard InChI is InChI=1S/C19H22N6OS/c1-13-17(27-12-22-13)19(26)25-8-6-24(7-9-25)14-4-5-16-15(10-14)18(23(2)3)21-11-20-16/h4-5,10-12H,6-9H2,1-3H3. The van der Waals surface area contributed by atoms with Gasteiger partial charge in [0, 0.05) is 51.3 Å². The van der Waals surface area contributed by atoms with Gasteiger partial charge >= 0.3 is 0 Å². The fourth-order valence-corrected chi connectivity index (χ4v) is 4.17. The summed E-state index contributed by atoms with van der Waals surface area (Å²) in [6, 6.07) is 6.28. The number of piperazine rings is 1. The van der Waals surface area contributed by atoms with Crippen LogP contribution in [0.25, 0.3) is 10.9 Å². The van der Waals surface area contributed by atoms with E-state index < -0.39 is 0 Å². The number of hydrogen-bond acceptors (Lipinski definition) is 7. The number of aromatic nitrogens is 3. The zero-order chi connectivity index (χ0) is 19.0. The van der Waals surface area contributed by atoms with E-state index >= 15 is 0 Å². The Bertz CT molecular complexity index is 977. The summed E-state index contributed by atoms with van der Waals surface area (Å²) < 4.78 is 0. The zero-order valence-electron chi connectivity index (χ0n) is 15.7. The molecule has 0 spiro atoms. The zero-order valence-corrected chi connectivity index (χ0v) is 16.5. The Morgan fingerprint density at radius 3 is 2.56 bits per heavy atom. The fourth-order valence-electron chi connectivity index (χ4n) is 3.40. The van der Waals surface area contributed by atoms with Crippen molar-refractivity contribution in [2.45, 2.75) is 6.92 Å². The average Bonchev–Trinajstić information content (AvgIpc) is 3.12. The van der Waals surface area contributed by atoms with Crippen LogP contribution >= 0.6 is 11.3 Å². The Morgan fingerprint density at radius 2 is 1.89 bits per heavy atom. The van der Waals surface area contributed by atoms with Gasteiger partial charge in [0.2, 0.25) is 0 Å². The van der Waals surface area contributed by atoms with Crippen LogP contribution in [0.1, 0.15) is 15.4 Å². The van der Waals surface area contributed by atoms with Gasteiger partial charge in [-0.1, -0.05) is 0 Å². The van der Waals surface area contributed by atoms with Gasteiger partial charge < -0.3 is 14.7 Å². The highest BCUT2D eigenvalue weighted by Gasteiger charge is 2.24. The molecular weight excluding hydrogens is 360 g/mol. The monoisotopic (exact) mass is 382 g/mol. The van der Waals surface area contributed by atoms with Crippen molar-refractivity contribution in [2.24, 2.45) is 0 Å². The van der Waals surface area contributed by atoms with Gasteiger partial charge in [-0.25, -0.2) is 15.0 Å². The number of hydrogen-bond donors (Lipinski definition) is 0. The van der Waals surface area contributed by atoms with Crippen LogP contribution in [-0.4, -0.2) is 66.0 Å². The first-order valence-electron chi connectivity index (χ1n) is 8.91. The molecule has 3 aromatic rings. The lowest BCUT2D eigenvalue weighted by molar-refractivity contribution is 0.0750. The molecule has 1 amide bonds. The molecule has 2 aromatic heterocycles. The molecule has 3 heterocycles. The molecule has 4 rings (SSSR count). The number of carbonyl (C=O) groups is 1. The molecule has 1 aliphatic rings. The van der Waals surface area contributed by atoms with E-state index in [4.69, 9.17) is 0 Å². The molecule has 0 saturated carbocycles. The SMILES string of the molecule is Cc1ncsc1C(=O)N1CCN(c2ccc3ncnc(N(C)C)c3c2)CC1. The molecule has 8 heteroatoms. The molecule has 0 N–H and O–H groups in total. The molecule has 1 aromatic carbocycles. The molecule has 27 heavy (non-hydrogen) atoms. The number of benzene rings is 1. The third-order valence-corrected chi connectivity index (χ3v) is 5.81. The van der Waals surface area contributed by atoms with E-state index in [2.05, 4.69) is 32.0 Å². The third kappa shape index (κ3) is 3.32. The number of aryl methyl sites for hydroxylation is 1. The number of anilines is 2. The van der Waals surface area contributed by atoms with Gasteiger partial charge in [-0.2, -0.15) is 0 Å². The Labute approximate surface area is 162 Å². The van der Waals surface area contributed by atoms with Gasteiger partial charge in [-0.15, -0.1) is 11.3 Å². The first kappa shape index (κ1) is 17.7. The van der Waals surface area contributed by atoms with E-state index in [1.807, 2.05) is 36.9 Å². The van der Waals surface area contributed by atoms with Gasteiger partial charge in [-0.3, -0.25) is 4.79 Å². The first-order chi connectivity index (χ1) is 13.0. The van der Waals surface area contributed by atoms with Crippen LogP contribution < -0.4 is 9.80 Å². The summed E-state index contributed by atoms with van der Waals surface area (Å²) >= 11 is 1.42. The highest BCUT2D eigenvalue weighted by molar-refractivity contribution is 7.11. The molecule has 0 bridgehead atoms. The fraction of sp³-hybridized carbons (Fsp3) is 0.368. The minimum atomic E-state index is 0.0939. The Morgan fingerprint density at radius 1 is 1.11 bits per heavy atom. The van der Waals surface area contributed by atoms with Crippen molar-refractivity contribution < 1.29 is 4.79 Å². The molecule has 0 radical (unpaired) electrons. The lowest BCUT2D eigenvalue weighted by atomic mass is 10.1. The van der Waals surface area contributed by atoms with Crippen molar-refractivity contribution in [3.63, 3.8) is 0 Å². The predicted octanol–water partition coefficient (Wildman–Crippen LogP) is 2.42. The van der Waals surface area contributed by atoms with Gasteiger partial charge in [0.15, 0.2) is 0 Å². The third-order valence-electron chi connectivity index (χ3n) is 4.89. The average molecular weight is 382 g/mol. The van der Waals surface area contributed by atoms with E-state index in [9.17, 15) is 4.79 Å². The number of fused-ring (bicyclic) bond motifs is 1. The highest BCUT2D eigenvalue weighted by Crippen LogP contribution is 2.27. The molecule has 140 valence electrons. The summed E-state index contributed by atoms with van der Waals surface area (Å²) in [5.41, 5.74) is 4.63. The summed E-state index contributed by atoms with van der Waals surface area (Å²) in [5, 5.41) is 1.04. The van der Waals surface area contributed by atoms with E-state index in [1.54, 1.807) is 11.8 Å². The minimum Gasteiger partial charge on any atom is -0.368 e. The van der Waals surface area contributed by atoms with Gasteiger partial charge in [-0.05, 0) is 25.1 Å². The van der Waals surface area contributed by atoms with Crippen LogP contribution in [0.3, 0.4) is 0 Å². The molecular formula is C19H22N6OS. The number of rotatable bonds is 3. The van der Waals surface area contributed by atoms with Gasteiger partial charge in [0.05, 0.1) is 16.7 Å². The van der Waals surface area contributed by atoms with Crippen molar-refractivity contribution >= 4 is 39.7 Å². The minimum absolute atomic E-state index is 0.0939. The quantitative estimate of drug-likeness (QED) is 0.693. The maximum Gasteiger partial charge on any atom is 0.265 e. The number of carbonyl (C=O) groups excluding carboxylic acids is 1. The molecule has 1 fully saturated rings. The van der Waals surface area contributed by atoms with Crippen LogP contribution in [0.2, 0.25) is 0 Å². The topological polar surface area (TPSA) is 65.5 Å². The predicted molar refractivity (Wildman–Crippen MR) is 109 cm³/mol. The van der Waals surface area contributed by atoms with Crippen molar-refractivity contribution in [2.75, 3.05) is 50.1 Å². The molecule has 0 atom stereocenters. The van der Waals surface area contributed by atoms with E-state index in [0.717, 1.165) is 46.1 Å². The highest BCUT2D eigenvalue weighted by atomic mass is 32.1. The molecule has 0 unspecified atom stereocenters. The van der Waals surface area contributed by atoms with Crippen molar-refractivity contribution in [1.29, 1.82) is 0 Å². The van der Waals surface area contributed by atoms with Crippen LogP contribution in [0, 0.1) is 6.92 Å². The summed E-state index contributed by atoms with van der Waals surface area (Å²) in [5.74, 6) is 1.01. The summed E-state index contributed by atoms with van der Waals surface area (Å²) in [6.45, 7) is 4.92. The second-order valence-electron chi connectivity index (χ2n) is 6.84. The number of nitrogens with zero attached hydrogens (tertiary/aromatic N) is 6. The van der Waals surface area contributed by atoms with E-state index in [1.165, 1.54) is 11.3 Å². The molecule has 1 aliphatic heterocycles. The summed E-state index contributed by atoms with van der Waals surface area (Å²) in [4.78, 5) is 32.6. The maximum atomic E-state index is 12.7. The van der Waals surface area contributed by atoms with Crippen molar-refractivity contribution in [3.05, 3.63) is 40.6 Å². The number of amides is 1. The maximum absolute atomic E-state index is 12.7. The lowest BCUT2D eigenvalue weighted by Gasteiger charge is -2.36. The van der Waals surface area contributed by atoms with Crippen LogP contribution in [-0.2, 0) is 0 Å². The first-order valence-corrected chi connectivity index (χ1v) is 9.79. The molecule has 7 nitrogen and oxygen atoms in total. The van der Waals surface area contributed by atoms with Gasteiger partial charge in [0.1, 0.15) is 17.0 Å². The van der Waals surface area contributed by atoms with Gasteiger partial charge in [0.25, 0.3) is 5.91 Å². The summed E-state index contributed by atoms with van der Waals surface area (Å²) in [7, 11) is 3.97. The Kier molecular flexibility index (Phi) is 4.65. The largest absolute Gasteiger partial charge is 0.368 e. The number of thiazole rings is 1. The van der Waals surface area contributed by atoms with Crippen molar-refractivity contribution in [3.8, 4) is 0 Å². The van der Waals surface area contributed by atoms with Crippen LogP contribution in [0.5, 0.6) is 0 Å². The second-order valence-corrected chi connectivity index (χ2v) is 7.69. The van der Waals surface area contributed by atoms with Crippen molar-refractivity contribution in [1.82, 2.24) is 19.9 Å². The van der Waals surface area contributed by atoms with Crippen LogP contribution in [0.4, 0.5) is 11.5 Å². The Hall–Kier alpha value is -2.74. The van der Waals surface area contributed by atoms with E-state index in [-0.39, 0.29) is 5.91 Å². The second kappa shape index (κ2) is 7.11. The molecule has 1 saturated heterocycles. The normalized spacial score (nSPS) is 14.6. The van der Waals surface area contributed by atoms with E-state index in [0.29, 0.717) is 13.1 Å².